The molecule has 1 aromatic rings. The molecule has 0 heterocycles. The van der Waals surface area contributed by atoms with Gasteiger partial charge in [-0.05, 0) is 18.6 Å². The number of carbonyl (C=O) groups excluding carboxylic acids is 1. The monoisotopic (exact) mass is 225 g/mol. The minimum absolute atomic E-state index is 0.0323. The highest BCUT2D eigenvalue weighted by molar-refractivity contribution is 5.91. The lowest BCUT2D eigenvalue weighted by Gasteiger charge is -2.02. The number of carbonyl (C=O) groups is 1. The molecular formula is C11H15NO4. The van der Waals surface area contributed by atoms with E-state index >= 15 is 0 Å². The Bertz CT molecular complexity index is 388. The van der Waals surface area contributed by atoms with Crippen molar-refractivity contribution in [2.24, 2.45) is 0 Å². The molecular weight excluding hydrogens is 210 g/mol. The number of hydrogen-bond acceptors (Lipinski definition) is 4. The molecule has 0 fully saturated rings. The van der Waals surface area contributed by atoms with E-state index in [1.807, 2.05) is 13.8 Å². The zero-order chi connectivity index (χ0) is 12.7. The second-order valence-corrected chi connectivity index (χ2v) is 2.75. The number of rotatable bonds is 2. The van der Waals surface area contributed by atoms with Crippen LogP contribution in [0.5, 0.6) is 0 Å². The third-order valence-corrected chi connectivity index (χ3v) is 1.83. The van der Waals surface area contributed by atoms with Gasteiger partial charge in [-0.1, -0.05) is 13.8 Å². The van der Waals surface area contributed by atoms with Gasteiger partial charge in [0.05, 0.1) is 17.6 Å². The van der Waals surface area contributed by atoms with Gasteiger partial charge < -0.3 is 4.74 Å². The Balaban J connectivity index is 0.00000106. The van der Waals surface area contributed by atoms with Crippen LogP contribution < -0.4 is 0 Å². The van der Waals surface area contributed by atoms with Gasteiger partial charge in [-0.2, -0.15) is 0 Å². The Kier molecular flexibility index (Phi) is 5.77. The average Bonchev–Trinajstić information content (AvgIpc) is 2.30. The zero-order valence-corrected chi connectivity index (χ0v) is 9.81. The molecule has 5 nitrogen and oxygen atoms in total. The summed E-state index contributed by atoms with van der Waals surface area (Å²) >= 11 is 0. The summed E-state index contributed by atoms with van der Waals surface area (Å²) in [6, 6.07) is 4.00. The van der Waals surface area contributed by atoms with Gasteiger partial charge in [0.1, 0.15) is 0 Å². The van der Waals surface area contributed by atoms with Crippen LogP contribution in [-0.4, -0.2) is 18.0 Å². The first kappa shape index (κ1) is 14.1. The third kappa shape index (κ3) is 3.34. The van der Waals surface area contributed by atoms with Gasteiger partial charge in [0.15, 0.2) is 0 Å². The van der Waals surface area contributed by atoms with Crippen LogP contribution in [0, 0.1) is 17.0 Å². The van der Waals surface area contributed by atoms with Crippen molar-refractivity contribution in [3.05, 3.63) is 39.4 Å². The van der Waals surface area contributed by atoms with E-state index in [4.69, 9.17) is 0 Å². The zero-order valence-electron chi connectivity index (χ0n) is 9.81. The van der Waals surface area contributed by atoms with Crippen molar-refractivity contribution in [3.63, 3.8) is 0 Å². The smallest absolute Gasteiger partial charge is 0.338 e. The van der Waals surface area contributed by atoms with Gasteiger partial charge in [-0.15, -0.1) is 0 Å². The summed E-state index contributed by atoms with van der Waals surface area (Å²) in [4.78, 5) is 21.0. The van der Waals surface area contributed by atoms with Crippen molar-refractivity contribution in [2.75, 3.05) is 7.11 Å². The second-order valence-electron chi connectivity index (χ2n) is 2.75. The standard InChI is InChI=1S/C9H9NO4.C2H6/c1-6-5-7(10(12)13)3-4-8(6)9(11)14-2;1-2/h3-5H,1-2H3;1-2H3. The number of aryl methyl sites for hydroxylation is 1. The van der Waals surface area contributed by atoms with E-state index in [0.717, 1.165) is 0 Å². The van der Waals surface area contributed by atoms with Crippen LogP contribution >= 0.6 is 0 Å². The maximum Gasteiger partial charge on any atom is 0.338 e. The van der Waals surface area contributed by atoms with Crippen molar-refractivity contribution in [1.82, 2.24) is 0 Å². The quantitative estimate of drug-likeness (QED) is 0.441. The number of ether oxygens (including phenoxy) is 1. The first-order valence-electron chi connectivity index (χ1n) is 4.89. The lowest BCUT2D eigenvalue weighted by molar-refractivity contribution is -0.384. The molecule has 0 radical (unpaired) electrons. The summed E-state index contributed by atoms with van der Waals surface area (Å²) in [7, 11) is 1.27. The number of hydrogen-bond donors (Lipinski definition) is 0. The van der Waals surface area contributed by atoms with Crippen LogP contribution in [0.1, 0.15) is 29.8 Å². The van der Waals surface area contributed by atoms with E-state index < -0.39 is 10.9 Å². The highest BCUT2D eigenvalue weighted by Crippen LogP contribution is 2.17. The van der Waals surface area contributed by atoms with E-state index in [2.05, 4.69) is 4.74 Å². The van der Waals surface area contributed by atoms with Crippen molar-refractivity contribution in [2.45, 2.75) is 20.8 Å². The number of methoxy groups -OCH3 is 1. The molecule has 5 heteroatoms. The van der Waals surface area contributed by atoms with Crippen LogP contribution in [0.4, 0.5) is 5.69 Å². The number of benzene rings is 1. The lowest BCUT2D eigenvalue weighted by Crippen LogP contribution is -2.04. The molecule has 0 saturated carbocycles. The summed E-state index contributed by atoms with van der Waals surface area (Å²) in [5.74, 6) is -0.489. The maximum absolute atomic E-state index is 11.1. The first-order chi connectivity index (χ1) is 7.56. The number of nitro benzene ring substituents is 1. The number of non-ortho nitro benzene ring substituents is 1. The molecule has 1 rings (SSSR count). The van der Waals surface area contributed by atoms with Crippen LogP contribution in [0.25, 0.3) is 0 Å². The van der Waals surface area contributed by atoms with Crippen LogP contribution in [0.15, 0.2) is 18.2 Å². The van der Waals surface area contributed by atoms with Crippen LogP contribution in [-0.2, 0) is 4.74 Å². The molecule has 0 aliphatic heterocycles. The molecule has 0 N–H and O–H groups in total. The Morgan fingerprint density at radius 3 is 2.31 bits per heavy atom. The molecule has 88 valence electrons. The van der Waals surface area contributed by atoms with Crippen molar-refractivity contribution < 1.29 is 14.5 Å². The fourth-order valence-corrected chi connectivity index (χ4v) is 1.10. The van der Waals surface area contributed by atoms with Crippen molar-refractivity contribution >= 4 is 11.7 Å². The van der Waals surface area contributed by atoms with Crippen molar-refractivity contribution in [1.29, 1.82) is 0 Å². The average molecular weight is 225 g/mol. The molecule has 0 aromatic heterocycles. The number of nitro groups is 1. The molecule has 16 heavy (non-hydrogen) atoms. The fraction of sp³-hybridized carbons (Fsp3) is 0.364. The maximum atomic E-state index is 11.1. The topological polar surface area (TPSA) is 69.4 Å². The van der Waals surface area contributed by atoms with Gasteiger partial charge in [0.25, 0.3) is 5.69 Å². The SMILES string of the molecule is CC.COC(=O)c1ccc([N+](=O)[O-])cc1C. The molecule has 0 aliphatic rings. The Morgan fingerprint density at radius 1 is 1.38 bits per heavy atom. The summed E-state index contributed by atoms with van der Waals surface area (Å²) < 4.78 is 4.51. The van der Waals surface area contributed by atoms with E-state index in [1.54, 1.807) is 6.92 Å². The minimum atomic E-state index is -0.506. The van der Waals surface area contributed by atoms with E-state index in [1.165, 1.54) is 25.3 Å². The summed E-state index contributed by atoms with van der Waals surface area (Å²) in [5.41, 5.74) is 0.847. The Hall–Kier alpha value is -1.91. The molecule has 0 spiro atoms. The molecule has 0 saturated heterocycles. The fourth-order valence-electron chi connectivity index (χ4n) is 1.10. The van der Waals surface area contributed by atoms with Crippen LogP contribution in [0.2, 0.25) is 0 Å². The predicted molar refractivity (Wildman–Crippen MR) is 60.5 cm³/mol. The van der Waals surface area contributed by atoms with E-state index in [9.17, 15) is 14.9 Å². The predicted octanol–water partition coefficient (Wildman–Crippen LogP) is 2.72. The summed E-state index contributed by atoms with van der Waals surface area (Å²) in [5, 5.41) is 10.4. The van der Waals surface area contributed by atoms with Gasteiger partial charge >= 0.3 is 5.97 Å². The lowest BCUT2D eigenvalue weighted by atomic mass is 10.1. The molecule has 0 amide bonds. The second kappa shape index (κ2) is 6.55. The van der Waals surface area contributed by atoms with Gasteiger partial charge in [-0.3, -0.25) is 10.1 Å². The molecule has 0 bridgehead atoms. The normalized spacial score (nSPS) is 8.75. The summed E-state index contributed by atoms with van der Waals surface area (Å²) in [6.07, 6.45) is 0. The molecule has 0 atom stereocenters. The summed E-state index contributed by atoms with van der Waals surface area (Å²) in [6.45, 7) is 5.62. The minimum Gasteiger partial charge on any atom is -0.465 e. The molecule has 1 aromatic carbocycles. The van der Waals surface area contributed by atoms with E-state index in [0.29, 0.717) is 11.1 Å². The van der Waals surface area contributed by atoms with Crippen molar-refractivity contribution in [3.8, 4) is 0 Å². The van der Waals surface area contributed by atoms with Gasteiger partial charge in [-0.25, -0.2) is 4.79 Å². The highest BCUT2D eigenvalue weighted by atomic mass is 16.6. The Morgan fingerprint density at radius 2 is 1.94 bits per heavy atom. The van der Waals surface area contributed by atoms with Gasteiger partial charge in [0.2, 0.25) is 0 Å². The van der Waals surface area contributed by atoms with E-state index in [-0.39, 0.29) is 5.69 Å². The molecule has 0 aliphatic carbocycles. The number of esters is 1. The Labute approximate surface area is 94.2 Å². The third-order valence-electron chi connectivity index (χ3n) is 1.83. The highest BCUT2D eigenvalue weighted by Gasteiger charge is 2.13. The first-order valence-corrected chi connectivity index (χ1v) is 4.89. The largest absolute Gasteiger partial charge is 0.465 e. The number of nitrogens with zero attached hydrogens (tertiary/aromatic N) is 1. The van der Waals surface area contributed by atoms with Gasteiger partial charge in [0, 0.05) is 12.1 Å². The van der Waals surface area contributed by atoms with Crippen LogP contribution in [0.3, 0.4) is 0 Å². The molecule has 0 unspecified atom stereocenters.